The van der Waals surface area contributed by atoms with E-state index in [1.807, 2.05) is 12.1 Å². The molecule has 1 aliphatic rings. The van der Waals surface area contributed by atoms with Gasteiger partial charge in [0.25, 0.3) is 0 Å². The molecule has 2 rings (SSSR count). The standard InChI is InChI=1S/C15H17N7/c1-2-21-5-7-22(8-6-21)15-13(10-18)11(3-4-16)12(9-17)14(19)20-15/h2-3,5-8H2,1H3,(H2,19,20)/p+2. The number of hydrogen-bond acceptors (Lipinski definition) is 5. The van der Waals surface area contributed by atoms with E-state index in [-0.39, 0.29) is 17.8 Å². The van der Waals surface area contributed by atoms with Gasteiger partial charge in [-0.15, -0.1) is 0 Å². The Bertz CT molecular complexity index is 682. The summed E-state index contributed by atoms with van der Waals surface area (Å²) in [5, 5.41) is 27.7. The molecule has 0 radical (unpaired) electrons. The van der Waals surface area contributed by atoms with Gasteiger partial charge >= 0.3 is 0 Å². The van der Waals surface area contributed by atoms with Gasteiger partial charge in [0.15, 0.2) is 0 Å². The van der Waals surface area contributed by atoms with E-state index in [2.05, 4.69) is 22.9 Å². The Morgan fingerprint density at radius 2 is 1.82 bits per heavy atom. The highest BCUT2D eigenvalue weighted by molar-refractivity contribution is 5.64. The fourth-order valence-electron chi connectivity index (χ4n) is 2.82. The number of quaternary nitrogens is 1. The SMILES string of the molecule is CC[NH+]1CCN(c2[nH+]c(N)c(C#N)c(CC#N)c2C#N)CC1. The van der Waals surface area contributed by atoms with Crippen LogP contribution in [0, 0.1) is 34.0 Å². The lowest BCUT2D eigenvalue weighted by molar-refractivity contribution is -0.898. The Labute approximate surface area is 129 Å². The van der Waals surface area contributed by atoms with Crippen molar-refractivity contribution >= 4 is 11.6 Å². The van der Waals surface area contributed by atoms with E-state index in [9.17, 15) is 10.5 Å². The summed E-state index contributed by atoms with van der Waals surface area (Å²) < 4.78 is 0. The van der Waals surface area contributed by atoms with Crippen LogP contribution in [0.2, 0.25) is 0 Å². The number of nitrogens with zero attached hydrogens (tertiary/aromatic N) is 4. The molecule has 2 heterocycles. The van der Waals surface area contributed by atoms with Crippen molar-refractivity contribution in [3.63, 3.8) is 0 Å². The lowest BCUT2D eigenvalue weighted by Gasteiger charge is -2.29. The second-order valence-electron chi connectivity index (χ2n) is 5.26. The summed E-state index contributed by atoms with van der Waals surface area (Å²) in [5.41, 5.74) is 6.89. The minimum Gasteiger partial charge on any atom is -0.330 e. The van der Waals surface area contributed by atoms with Crippen LogP contribution in [-0.4, -0.2) is 32.7 Å². The first-order valence-corrected chi connectivity index (χ1v) is 7.29. The molecular weight excluding hydrogens is 278 g/mol. The monoisotopic (exact) mass is 297 g/mol. The fraction of sp³-hybridized carbons (Fsp3) is 0.467. The molecule has 0 aliphatic carbocycles. The number of aromatic nitrogens is 1. The smallest absolute Gasteiger partial charge is 0.240 e. The van der Waals surface area contributed by atoms with Crippen molar-refractivity contribution in [3.8, 4) is 18.2 Å². The van der Waals surface area contributed by atoms with Crippen molar-refractivity contribution in [2.45, 2.75) is 13.3 Å². The van der Waals surface area contributed by atoms with Crippen LogP contribution in [0.15, 0.2) is 0 Å². The Kier molecular flexibility index (Phi) is 4.78. The normalized spacial score (nSPS) is 14.9. The molecule has 7 nitrogen and oxygen atoms in total. The number of nitrogens with two attached hydrogens (primary N) is 1. The largest absolute Gasteiger partial charge is 0.330 e. The molecular formula is C15H19N7+2. The maximum Gasteiger partial charge on any atom is 0.240 e. The van der Waals surface area contributed by atoms with Crippen molar-refractivity contribution in [2.75, 3.05) is 43.4 Å². The molecule has 0 aromatic carbocycles. The molecule has 1 aliphatic heterocycles. The maximum atomic E-state index is 9.50. The average molecular weight is 297 g/mol. The number of aromatic amines is 1. The van der Waals surface area contributed by atoms with Crippen LogP contribution >= 0.6 is 0 Å². The van der Waals surface area contributed by atoms with E-state index in [0.717, 1.165) is 32.7 Å². The molecule has 0 bridgehead atoms. The predicted molar refractivity (Wildman–Crippen MR) is 79.6 cm³/mol. The first kappa shape index (κ1) is 15.6. The number of nitrogen functional groups attached to an aromatic ring is 1. The van der Waals surface area contributed by atoms with Crippen LogP contribution in [0.1, 0.15) is 23.6 Å². The molecule has 7 heteroatoms. The summed E-state index contributed by atoms with van der Waals surface area (Å²) in [4.78, 5) is 6.59. The topological polar surface area (TPSA) is 119 Å². The average Bonchev–Trinajstić information content (AvgIpc) is 2.55. The molecule has 1 aromatic rings. The number of hydrogen-bond donors (Lipinski definition) is 2. The van der Waals surface area contributed by atoms with Gasteiger partial charge in [-0.2, -0.15) is 15.8 Å². The van der Waals surface area contributed by atoms with Gasteiger partial charge in [-0.25, -0.2) is 4.98 Å². The minimum absolute atomic E-state index is 0.00214. The molecule has 22 heavy (non-hydrogen) atoms. The van der Waals surface area contributed by atoms with Gasteiger partial charge in [-0.05, 0) is 6.92 Å². The highest BCUT2D eigenvalue weighted by Crippen LogP contribution is 2.24. The number of H-pyrrole nitrogens is 1. The van der Waals surface area contributed by atoms with Gasteiger partial charge in [0.05, 0.1) is 19.0 Å². The molecule has 0 amide bonds. The Hall–Kier alpha value is -2.82. The number of nitriles is 3. The molecule has 1 saturated heterocycles. The van der Waals surface area contributed by atoms with Crippen molar-refractivity contribution in [1.82, 2.24) is 0 Å². The number of rotatable bonds is 3. The summed E-state index contributed by atoms with van der Waals surface area (Å²) >= 11 is 0. The summed E-state index contributed by atoms with van der Waals surface area (Å²) in [6.07, 6.45) is -0.00214. The number of likely N-dealkylation sites (N-methyl/N-ethyl adjacent to an activating group) is 1. The van der Waals surface area contributed by atoms with Gasteiger partial charge in [0, 0.05) is 5.56 Å². The van der Waals surface area contributed by atoms with Crippen LogP contribution in [0.4, 0.5) is 11.6 Å². The third kappa shape index (κ3) is 2.79. The van der Waals surface area contributed by atoms with Crippen LogP contribution in [-0.2, 0) is 6.42 Å². The Morgan fingerprint density at radius 3 is 2.32 bits per heavy atom. The Morgan fingerprint density at radius 1 is 1.18 bits per heavy atom. The van der Waals surface area contributed by atoms with E-state index < -0.39 is 0 Å². The summed E-state index contributed by atoms with van der Waals surface area (Å²) in [6.45, 7) is 6.84. The number of pyridine rings is 1. The van der Waals surface area contributed by atoms with Gasteiger partial charge in [0.1, 0.15) is 49.4 Å². The predicted octanol–water partition coefficient (Wildman–Crippen LogP) is -1.38. The van der Waals surface area contributed by atoms with E-state index in [0.29, 0.717) is 16.9 Å². The molecule has 4 N–H and O–H groups in total. The maximum absolute atomic E-state index is 9.50. The molecule has 1 aromatic heterocycles. The summed E-state index contributed by atoms with van der Waals surface area (Å²) in [5.74, 6) is 0.839. The number of piperazine rings is 1. The third-order valence-corrected chi connectivity index (χ3v) is 4.13. The second-order valence-corrected chi connectivity index (χ2v) is 5.26. The van der Waals surface area contributed by atoms with Crippen LogP contribution < -0.4 is 20.5 Å². The number of anilines is 2. The first-order valence-electron chi connectivity index (χ1n) is 7.29. The van der Waals surface area contributed by atoms with E-state index in [1.54, 1.807) is 0 Å². The minimum atomic E-state index is -0.00214. The zero-order valence-electron chi connectivity index (χ0n) is 12.6. The fourth-order valence-corrected chi connectivity index (χ4v) is 2.82. The number of nitrogens with one attached hydrogen (secondary N) is 2. The van der Waals surface area contributed by atoms with Crippen molar-refractivity contribution < 1.29 is 9.88 Å². The third-order valence-electron chi connectivity index (χ3n) is 4.13. The van der Waals surface area contributed by atoms with Gasteiger partial charge in [0.2, 0.25) is 11.6 Å². The second kappa shape index (κ2) is 6.76. The van der Waals surface area contributed by atoms with Gasteiger partial charge in [-0.3, -0.25) is 4.90 Å². The molecule has 0 spiro atoms. The lowest BCUT2D eigenvalue weighted by Crippen LogP contribution is -3.14. The quantitative estimate of drug-likeness (QED) is 0.712. The van der Waals surface area contributed by atoms with E-state index in [4.69, 9.17) is 11.0 Å². The highest BCUT2D eigenvalue weighted by Gasteiger charge is 2.29. The van der Waals surface area contributed by atoms with Crippen LogP contribution in [0.25, 0.3) is 0 Å². The molecule has 1 fully saturated rings. The van der Waals surface area contributed by atoms with Crippen molar-refractivity contribution in [1.29, 1.82) is 15.8 Å². The van der Waals surface area contributed by atoms with E-state index in [1.165, 1.54) is 4.90 Å². The highest BCUT2D eigenvalue weighted by atomic mass is 15.3. The molecule has 0 unspecified atom stereocenters. The summed E-state index contributed by atoms with van der Waals surface area (Å²) in [7, 11) is 0. The molecule has 0 atom stereocenters. The Balaban J connectivity index is 2.47. The lowest BCUT2D eigenvalue weighted by atomic mass is 10.0. The zero-order valence-corrected chi connectivity index (χ0v) is 12.6. The molecule has 0 saturated carbocycles. The van der Waals surface area contributed by atoms with Crippen LogP contribution in [0.5, 0.6) is 0 Å². The van der Waals surface area contributed by atoms with Crippen molar-refractivity contribution in [3.05, 3.63) is 16.7 Å². The summed E-state index contributed by atoms with van der Waals surface area (Å²) in [6, 6.07) is 6.14. The van der Waals surface area contributed by atoms with Gasteiger partial charge in [-0.1, -0.05) is 0 Å². The van der Waals surface area contributed by atoms with Crippen LogP contribution in [0.3, 0.4) is 0 Å². The van der Waals surface area contributed by atoms with Crippen molar-refractivity contribution in [2.24, 2.45) is 0 Å². The molecule has 112 valence electrons. The first-order chi connectivity index (χ1) is 10.7. The van der Waals surface area contributed by atoms with E-state index >= 15 is 0 Å². The van der Waals surface area contributed by atoms with Gasteiger partial charge < -0.3 is 10.6 Å². The zero-order chi connectivity index (χ0) is 16.1.